The maximum Gasteiger partial charge on any atom is 0.202 e. The van der Waals surface area contributed by atoms with Crippen LogP contribution in [0.25, 0.3) is 11.2 Å². The van der Waals surface area contributed by atoms with Crippen molar-refractivity contribution in [1.82, 2.24) is 14.5 Å². The number of anilines is 1. The number of imidazole rings is 1. The van der Waals surface area contributed by atoms with Crippen LogP contribution in [0.4, 0.5) is 5.95 Å². The van der Waals surface area contributed by atoms with E-state index in [-0.39, 0.29) is 6.04 Å². The summed E-state index contributed by atoms with van der Waals surface area (Å²) in [6.07, 6.45) is 2.54. The maximum atomic E-state index is 6.01. The molecule has 3 aromatic heterocycles. The van der Waals surface area contributed by atoms with E-state index in [4.69, 9.17) is 17.3 Å². The van der Waals surface area contributed by atoms with Gasteiger partial charge in [-0.1, -0.05) is 17.7 Å². The van der Waals surface area contributed by atoms with E-state index in [2.05, 4.69) is 34.4 Å². The van der Waals surface area contributed by atoms with Gasteiger partial charge in [0.05, 0.1) is 5.02 Å². The molecule has 0 aliphatic rings. The first kappa shape index (κ1) is 12.4. The van der Waals surface area contributed by atoms with E-state index >= 15 is 0 Å². The Morgan fingerprint density at radius 2 is 2.37 bits per heavy atom. The summed E-state index contributed by atoms with van der Waals surface area (Å²) in [5, 5.41) is 2.65. The Bertz CT molecular complexity index is 705. The van der Waals surface area contributed by atoms with Crippen LogP contribution < -0.4 is 5.73 Å². The molecule has 0 saturated carbocycles. The summed E-state index contributed by atoms with van der Waals surface area (Å²) < 4.78 is 1.96. The Morgan fingerprint density at radius 3 is 3.11 bits per heavy atom. The number of thiophene rings is 1. The Hall–Kier alpha value is -1.59. The highest BCUT2D eigenvalue weighted by molar-refractivity contribution is 7.09. The highest BCUT2D eigenvalue weighted by Crippen LogP contribution is 2.26. The number of nitrogens with zero attached hydrogens (tertiary/aromatic N) is 3. The van der Waals surface area contributed by atoms with Gasteiger partial charge in [-0.15, -0.1) is 11.3 Å². The second-order valence-corrected chi connectivity index (χ2v) is 5.94. The molecule has 6 heteroatoms. The highest BCUT2D eigenvalue weighted by atomic mass is 35.5. The van der Waals surface area contributed by atoms with Crippen LogP contribution in [0.2, 0.25) is 5.02 Å². The van der Waals surface area contributed by atoms with Crippen LogP contribution >= 0.6 is 22.9 Å². The molecular weight excluding hydrogens is 280 g/mol. The van der Waals surface area contributed by atoms with Gasteiger partial charge < -0.3 is 5.73 Å². The van der Waals surface area contributed by atoms with Crippen molar-refractivity contribution < 1.29 is 0 Å². The smallest absolute Gasteiger partial charge is 0.202 e. The summed E-state index contributed by atoms with van der Waals surface area (Å²) in [5.41, 5.74) is 7.53. The number of nitrogen functional groups attached to an aromatic ring is 1. The lowest BCUT2D eigenvalue weighted by Crippen LogP contribution is -2.11. The van der Waals surface area contributed by atoms with Gasteiger partial charge in [0.2, 0.25) is 5.95 Å². The number of halogens is 1. The summed E-state index contributed by atoms with van der Waals surface area (Å²) >= 11 is 7.67. The van der Waals surface area contributed by atoms with Gasteiger partial charge in [-0.25, -0.2) is 9.97 Å². The zero-order chi connectivity index (χ0) is 13.4. The molecule has 19 heavy (non-hydrogen) atoms. The number of nitrogens with two attached hydrogens (primary N) is 1. The second kappa shape index (κ2) is 4.83. The molecule has 3 heterocycles. The molecule has 4 nitrogen and oxygen atoms in total. The lowest BCUT2D eigenvalue weighted by atomic mass is 10.2. The summed E-state index contributed by atoms with van der Waals surface area (Å²) in [6, 6.07) is 6.17. The number of rotatable bonds is 3. The third-order valence-corrected chi connectivity index (χ3v) is 4.15. The molecule has 0 fully saturated rings. The van der Waals surface area contributed by atoms with Crippen molar-refractivity contribution in [2.24, 2.45) is 0 Å². The largest absolute Gasteiger partial charge is 0.369 e. The van der Waals surface area contributed by atoms with E-state index in [1.807, 2.05) is 4.57 Å². The standard InChI is InChI=1S/C13H13ClN4S/c1-8(5-10-3-2-4-19-10)18-12-11(17-13(18)15)6-9(14)7-16-12/h2-4,6-8H,5H2,1H3,(H2,15,17). The van der Waals surface area contributed by atoms with Gasteiger partial charge in [0.15, 0.2) is 5.65 Å². The molecule has 0 spiro atoms. The molecule has 0 saturated heterocycles. The molecular formula is C13H13ClN4S. The van der Waals surface area contributed by atoms with Crippen molar-refractivity contribution in [3.05, 3.63) is 39.7 Å². The Morgan fingerprint density at radius 1 is 1.53 bits per heavy atom. The van der Waals surface area contributed by atoms with Crippen molar-refractivity contribution in [2.75, 3.05) is 5.73 Å². The molecule has 0 aliphatic heterocycles. The molecule has 0 aliphatic carbocycles. The first-order valence-electron chi connectivity index (χ1n) is 5.96. The summed E-state index contributed by atoms with van der Waals surface area (Å²) in [6.45, 7) is 2.12. The molecule has 3 aromatic rings. The van der Waals surface area contributed by atoms with Gasteiger partial charge in [0.1, 0.15) is 5.52 Å². The zero-order valence-electron chi connectivity index (χ0n) is 10.4. The molecule has 98 valence electrons. The molecule has 2 N–H and O–H groups in total. The Kier molecular flexibility index (Phi) is 3.16. The van der Waals surface area contributed by atoms with Crippen molar-refractivity contribution in [3.63, 3.8) is 0 Å². The topological polar surface area (TPSA) is 56.7 Å². The Labute approximate surface area is 119 Å². The number of fused-ring (bicyclic) bond motifs is 1. The van der Waals surface area contributed by atoms with Crippen LogP contribution in [0.5, 0.6) is 0 Å². The van der Waals surface area contributed by atoms with Gasteiger partial charge in [0.25, 0.3) is 0 Å². The number of aromatic nitrogens is 3. The van der Waals surface area contributed by atoms with Crippen LogP contribution in [0, 0.1) is 0 Å². The number of hydrogen-bond acceptors (Lipinski definition) is 4. The van der Waals surface area contributed by atoms with Gasteiger partial charge >= 0.3 is 0 Å². The first-order chi connectivity index (χ1) is 9.15. The van der Waals surface area contributed by atoms with Gasteiger partial charge in [0, 0.05) is 23.5 Å². The average molecular weight is 293 g/mol. The maximum absolute atomic E-state index is 6.01. The van der Waals surface area contributed by atoms with Crippen LogP contribution in [-0.2, 0) is 6.42 Å². The molecule has 1 atom stereocenters. The SMILES string of the molecule is CC(Cc1cccs1)n1c(N)nc2cc(Cl)cnc21. The van der Waals surface area contributed by atoms with Gasteiger partial charge in [-0.2, -0.15) is 0 Å². The third kappa shape index (κ3) is 2.31. The molecule has 1 unspecified atom stereocenters. The number of hydrogen-bond donors (Lipinski definition) is 1. The van der Waals surface area contributed by atoms with Crippen LogP contribution in [-0.4, -0.2) is 14.5 Å². The third-order valence-electron chi connectivity index (χ3n) is 3.04. The molecule has 0 amide bonds. The minimum atomic E-state index is 0.206. The molecule has 0 bridgehead atoms. The monoisotopic (exact) mass is 292 g/mol. The zero-order valence-corrected chi connectivity index (χ0v) is 11.9. The van der Waals surface area contributed by atoms with Crippen molar-refractivity contribution in [3.8, 4) is 0 Å². The highest BCUT2D eigenvalue weighted by Gasteiger charge is 2.16. The molecule has 3 rings (SSSR count). The van der Waals surface area contributed by atoms with E-state index in [1.165, 1.54) is 4.88 Å². The quantitative estimate of drug-likeness (QED) is 0.803. The minimum Gasteiger partial charge on any atom is -0.369 e. The normalized spacial score (nSPS) is 12.9. The summed E-state index contributed by atoms with van der Waals surface area (Å²) in [4.78, 5) is 9.99. The van der Waals surface area contributed by atoms with Crippen LogP contribution in [0.3, 0.4) is 0 Å². The second-order valence-electron chi connectivity index (χ2n) is 4.47. The van der Waals surface area contributed by atoms with E-state index in [1.54, 1.807) is 23.6 Å². The fraction of sp³-hybridized carbons (Fsp3) is 0.231. The summed E-state index contributed by atoms with van der Waals surface area (Å²) in [5.74, 6) is 0.480. The van der Waals surface area contributed by atoms with Gasteiger partial charge in [-0.05, 0) is 24.4 Å². The fourth-order valence-corrected chi connectivity index (χ4v) is 3.20. The molecule has 0 aromatic carbocycles. The average Bonchev–Trinajstić information content (AvgIpc) is 2.95. The van der Waals surface area contributed by atoms with E-state index in [0.29, 0.717) is 11.0 Å². The Balaban J connectivity index is 2.01. The predicted molar refractivity (Wildman–Crippen MR) is 79.7 cm³/mol. The number of pyridine rings is 1. The van der Waals surface area contributed by atoms with E-state index in [9.17, 15) is 0 Å². The van der Waals surface area contributed by atoms with Crippen molar-refractivity contribution >= 4 is 40.0 Å². The summed E-state index contributed by atoms with van der Waals surface area (Å²) in [7, 11) is 0. The van der Waals surface area contributed by atoms with E-state index < -0.39 is 0 Å². The molecule has 0 radical (unpaired) electrons. The van der Waals surface area contributed by atoms with Crippen molar-refractivity contribution in [2.45, 2.75) is 19.4 Å². The van der Waals surface area contributed by atoms with E-state index in [0.717, 1.165) is 17.6 Å². The van der Waals surface area contributed by atoms with Crippen LogP contribution in [0.1, 0.15) is 17.8 Å². The first-order valence-corrected chi connectivity index (χ1v) is 7.22. The lowest BCUT2D eigenvalue weighted by molar-refractivity contribution is 0.567. The van der Waals surface area contributed by atoms with Crippen molar-refractivity contribution in [1.29, 1.82) is 0 Å². The van der Waals surface area contributed by atoms with Crippen LogP contribution in [0.15, 0.2) is 29.8 Å². The minimum absolute atomic E-state index is 0.206. The lowest BCUT2D eigenvalue weighted by Gasteiger charge is -2.14. The van der Waals surface area contributed by atoms with Gasteiger partial charge in [-0.3, -0.25) is 4.57 Å². The predicted octanol–water partition coefficient (Wildman–Crippen LogP) is 3.53. The fourth-order valence-electron chi connectivity index (χ4n) is 2.22.